The van der Waals surface area contributed by atoms with Gasteiger partial charge in [0, 0.05) is 11.5 Å². The summed E-state index contributed by atoms with van der Waals surface area (Å²) in [6.07, 6.45) is -0.840. The fourth-order valence-corrected chi connectivity index (χ4v) is 6.73. The molecule has 3 amide bonds. The number of benzene rings is 1. The molecule has 3 atom stereocenters. The largest absolute Gasteiger partial charge is 1.00 e. The Morgan fingerprint density at radius 2 is 1.86 bits per heavy atom. The van der Waals surface area contributed by atoms with Crippen LogP contribution in [0.1, 0.15) is 38.3 Å². The molecule has 2 aliphatic rings. The van der Waals surface area contributed by atoms with E-state index in [0.29, 0.717) is 11.1 Å². The summed E-state index contributed by atoms with van der Waals surface area (Å²) in [5.74, 6) is -4.27. The molecule has 20 heteroatoms. The number of rotatable bonds is 10. The molecule has 44 heavy (non-hydrogen) atoms. The van der Waals surface area contributed by atoms with Crippen molar-refractivity contribution in [3.05, 3.63) is 53.1 Å². The summed E-state index contributed by atoms with van der Waals surface area (Å²) in [6.45, 7) is 5.01. The average molecular weight is 686 g/mol. The first-order valence-electron chi connectivity index (χ1n) is 12.2. The molecule has 4 rings (SSSR count). The Morgan fingerprint density at radius 1 is 1.20 bits per heavy atom. The van der Waals surface area contributed by atoms with Gasteiger partial charge in [-0.05, 0) is 31.9 Å². The predicted octanol–water partition coefficient (Wildman–Crippen LogP) is -6.12. The molecule has 1 fully saturated rings. The molecule has 1 saturated heterocycles. The number of hydrogen-bond donors (Lipinski definition) is 2. The Hall–Kier alpha value is -1.61. The number of aliphatic carboxylic acids is 1. The van der Waals surface area contributed by atoms with Crippen LogP contribution in [0.5, 0.6) is 0 Å². The van der Waals surface area contributed by atoms with Crippen LogP contribution in [0.15, 0.2) is 51.2 Å². The number of nitrogens with zero attached hydrogens (tertiary/aromatic N) is 3. The number of ether oxygens (including phenoxy) is 1. The van der Waals surface area contributed by atoms with Gasteiger partial charge in [0.2, 0.25) is 11.8 Å². The van der Waals surface area contributed by atoms with Crippen molar-refractivity contribution in [1.82, 2.24) is 25.7 Å². The minimum atomic E-state index is -4.64. The standard InChI is InChI=1S/C24H27N5O10S3.2Na/c1-24(2,3)39-22(34)26-15(12-7-5-4-6-8-12)18(30)25-16-19(31)29-17(21(32)33)13(9-40-20(16)29)10-41-23-28-27-14(38-23)11-42(35,36)37;;/h4-8,15-16,20H,9-11H2,1-3H3,(H,25,30)(H,26,34)(H,32,33)(H,35,36,37);;/q;2*+1/p-2/t15-,16?,20-;;/m1../s1. The van der Waals surface area contributed by atoms with E-state index in [1.807, 2.05) is 0 Å². The van der Waals surface area contributed by atoms with E-state index in [2.05, 4.69) is 20.8 Å². The molecule has 0 saturated carbocycles. The summed E-state index contributed by atoms with van der Waals surface area (Å²) in [4.78, 5) is 51.9. The van der Waals surface area contributed by atoms with Crippen molar-refractivity contribution in [1.29, 1.82) is 0 Å². The van der Waals surface area contributed by atoms with E-state index >= 15 is 0 Å². The summed E-state index contributed by atoms with van der Waals surface area (Å²) in [5, 5.41) is 23.4. The molecule has 0 radical (unpaired) electrons. The molecule has 1 aromatic heterocycles. The van der Waals surface area contributed by atoms with Crippen LogP contribution in [0, 0.1) is 0 Å². The first-order chi connectivity index (χ1) is 19.6. The van der Waals surface area contributed by atoms with Gasteiger partial charge < -0.3 is 34.2 Å². The number of carboxylic acid groups (broad SMARTS) is 1. The Kier molecular flexibility index (Phi) is 13.8. The number of aromatic nitrogens is 2. The maximum absolute atomic E-state index is 13.3. The zero-order chi connectivity index (χ0) is 30.8. The molecule has 1 aromatic carbocycles. The summed E-state index contributed by atoms with van der Waals surface area (Å²) in [7, 11) is -4.64. The van der Waals surface area contributed by atoms with Crippen molar-refractivity contribution in [3.8, 4) is 0 Å². The third kappa shape index (κ3) is 9.94. The number of carbonyl (C=O) groups excluding carboxylic acids is 4. The Morgan fingerprint density at radius 3 is 2.45 bits per heavy atom. The van der Waals surface area contributed by atoms with E-state index in [1.165, 1.54) is 11.8 Å². The van der Waals surface area contributed by atoms with Crippen molar-refractivity contribution in [3.63, 3.8) is 0 Å². The Labute approximate surface area is 305 Å². The summed E-state index contributed by atoms with van der Waals surface area (Å²) in [5.41, 5.74) is -0.454. The van der Waals surface area contributed by atoms with Gasteiger partial charge in [-0.15, -0.1) is 22.0 Å². The quantitative estimate of drug-likeness (QED) is 0.103. The van der Waals surface area contributed by atoms with Crippen LogP contribution in [0.25, 0.3) is 0 Å². The van der Waals surface area contributed by atoms with Crippen molar-refractivity contribution < 1.29 is 106 Å². The van der Waals surface area contributed by atoms with E-state index in [1.54, 1.807) is 51.1 Å². The molecule has 226 valence electrons. The van der Waals surface area contributed by atoms with Gasteiger partial charge in [0.25, 0.3) is 11.1 Å². The fourth-order valence-electron chi connectivity index (χ4n) is 4.05. The molecule has 2 aliphatic heterocycles. The summed E-state index contributed by atoms with van der Waals surface area (Å²) >= 11 is 2.09. The predicted molar refractivity (Wildman–Crippen MR) is 144 cm³/mol. The maximum atomic E-state index is 13.3. The molecule has 15 nitrogen and oxygen atoms in total. The zero-order valence-electron chi connectivity index (χ0n) is 24.4. The molecule has 1 unspecified atom stereocenters. The minimum absolute atomic E-state index is 0. The van der Waals surface area contributed by atoms with Gasteiger partial charge in [0.05, 0.1) is 11.7 Å². The minimum Gasteiger partial charge on any atom is -0.748 e. The number of amides is 3. The average Bonchev–Trinajstić information content (AvgIpc) is 3.33. The second-order valence-electron chi connectivity index (χ2n) is 10.1. The van der Waals surface area contributed by atoms with Crippen LogP contribution in [0.2, 0.25) is 0 Å². The summed E-state index contributed by atoms with van der Waals surface area (Å²) < 4.78 is 43.0. The van der Waals surface area contributed by atoms with Gasteiger partial charge in [0.1, 0.15) is 38.9 Å². The van der Waals surface area contributed by atoms with E-state index < -0.39 is 68.7 Å². The van der Waals surface area contributed by atoms with E-state index in [0.717, 1.165) is 16.7 Å². The molecule has 0 aliphatic carbocycles. The molecule has 0 spiro atoms. The van der Waals surface area contributed by atoms with Crippen molar-refractivity contribution in [2.45, 2.75) is 54.8 Å². The summed E-state index contributed by atoms with van der Waals surface area (Å²) in [6, 6.07) is 6.06. The normalized spacial score (nSPS) is 18.5. The number of carboxylic acids is 1. The van der Waals surface area contributed by atoms with Gasteiger partial charge in [-0.3, -0.25) is 14.5 Å². The maximum Gasteiger partial charge on any atom is 1.00 e. The fraction of sp³-hybridized carbons (Fsp3) is 0.417. The van der Waals surface area contributed by atoms with Gasteiger partial charge in [-0.1, -0.05) is 42.1 Å². The number of hydrogen-bond acceptors (Lipinski definition) is 14. The molecule has 2 N–H and O–H groups in total. The first-order valence-corrected chi connectivity index (χ1v) is 15.9. The van der Waals surface area contributed by atoms with Crippen LogP contribution < -0.4 is 74.9 Å². The number of nitrogens with one attached hydrogen (secondary N) is 2. The second kappa shape index (κ2) is 15.8. The van der Waals surface area contributed by atoms with Crippen molar-refractivity contribution in [2.75, 3.05) is 11.5 Å². The third-order valence-electron chi connectivity index (χ3n) is 5.71. The third-order valence-corrected chi connectivity index (χ3v) is 8.56. The van der Waals surface area contributed by atoms with Gasteiger partial charge >= 0.3 is 65.2 Å². The molecule has 2 aromatic rings. The first kappa shape index (κ1) is 38.6. The number of thioether (sulfide) groups is 2. The van der Waals surface area contributed by atoms with Gasteiger partial charge in [-0.25, -0.2) is 13.2 Å². The second-order valence-corrected chi connectivity index (χ2v) is 13.5. The van der Waals surface area contributed by atoms with Crippen LogP contribution in [-0.4, -0.2) is 80.5 Å². The van der Waals surface area contributed by atoms with Crippen LogP contribution >= 0.6 is 23.5 Å². The van der Waals surface area contributed by atoms with Crippen LogP contribution in [0.4, 0.5) is 4.79 Å². The number of carbonyl (C=O) groups is 4. The Bertz CT molecular complexity index is 1530. The smallest absolute Gasteiger partial charge is 0.748 e. The number of alkyl carbamates (subject to hydrolysis) is 1. The molecule has 0 bridgehead atoms. The van der Waals surface area contributed by atoms with Crippen LogP contribution in [-0.2, 0) is 35.0 Å². The van der Waals surface area contributed by atoms with Crippen molar-refractivity contribution in [2.24, 2.45) is 0 Å². The van der Waals surface area contributed by atoms with E-state index in [9.17, 15) is 37.3 Å². The van der Waals surface area contributed by atoms with Gasteiger partial charge in [-0.2, -0.15) is 0 Å². The topological polar surface area (TPSA) is 224 Å². The molecular weight excluding hydrogens is 660 g/mol. The SMILES string of the molecule is CC(C)(C)OC(=O)N[C@@H](C(=O)NC1C(=O)N2C(C(=O)[O-])=C(CSc3nnc(CS(=O)(=O)[O-])o3)CS[C@H]12)c1ccccc1.[Na+].[Na+]. The number of fused-ring (bicyclic) bond motifs is 1. The van der Waals surface area contributed by atoms with Gasteiger partial charge in [0.15, 0.2) is 0 Å². The molecule has 3 heterocycles. The van der Waals surface area contributed by atoms with E-state index in [-0.39, 0.29) is 81.5 Å². The van der Waals surface area contributed by atoms with Crippen LogP contribution in [0.3, 0.4) is 0 Å². The monoisotopic (exact) mass is 685 g/mol. The Balaban J connectivity index is 0.00000337. The number of β-lactam (4-membered cyclic amide) rings is 1. The van der Waals surface area contributed by atoms with E-state index in [4.69, 9.17) is 9.15 Å². The molecular formula is C24H25N5Na2O10S3. The van der Waals surface area contributed by atoms with Crippen molar-refractivity contribution >= 4 is 57.5 Å². The zero-order valence-corrected chi connectivity index (χ0v) is 30.8.